The molecule has 370 valence electrons. The second-order valence-corrected chi connectivity index (χ2v) is 19.5. The molecule has 0 spiro atoms. The van der Waals surface area contributed by atoms with Crippen LogP contribution in [0.25, 0.3) is 66.0 Å². The minimum atomic E-state index is -5.86. The molecule has 8 rings (SSSR count). The summed E-state index contributed by atoms with van der Waals surface area (Å²) in [5, 5.41) is 17.8. The van der Waals surface area contributed by atoms with Crippen LogP contribution in [0.3, 0.4) is 0 Å². The van der Waals surface area contributed by atoms with E-state index in [0.717, 1.165) is 73.3 Å². The van der Waals surface area contributed by atoms with E-state index in [2.05, 4.69) is 87.9 Å². The van der Waals surface area contributed by atoms with Crippen LogP contribution in [0.5, 0.6) is 5.88 Å². The van der Waals surface area contributed by atoms with E-state index >= 15 is 0 Å². The number of halogens is 3. The average molecular weight is 1000 g/mol. The van der Waals surface area contributed by atoms with Gasteiger partial charge in [0.15, 0.2) is 11.4 Å². The van der Waals surface area contributed by atoms with Gasteiger partial charge in [-0.05, 0) is 140 Å². The van der Waals surface area contributed by atoms with Gasteiger partial charge in [0.05, 0.1) is 48.3 Å². The molecule has 8 aromatic rings. The molecule has 2 aromatic heterocycles. The maximum absolute atomic E-state index is 12.7. The Hall–Kier alpha value is -8.02. The largest absolute Gasteiger partial charge is 0.534 e. The van der Waals surface area contributed by atoms with E-state index in [-0.39, 0.29) is 5.69 Å². The number of aryl methyl sites for hydroxylation is 10. The van der Waals surface area contributed by atoms with E-state index < -0.39 is 28.6 Å². The molecule has 0 saturated heterocycles. The van der Waals surface area contributed by atoms with E-state index in [0.29, 0.717) is 33.7 Å². The van der Waals surface area contributed by atoms with Crippen molar-refractivity contribution in [2.24, 2.45) is 0 Å². The Labute approximate surface area is 425 Å². The van der Waals surface area contributed by atoms with Crippen molar-refractivity contribution in [1.82, 2.24) is 19.9 Å². The summed E-state index contributed by atoms with van der Waals surface area (Å²) < 4.78 is 65.2. The first-order chi connectivity index (χ1) is 34.3. The molecule has 0 aliphatic carbocycles. The molecule has 0 aliphatic rings. The van der Waals surface area contributed by atoms with Crippen molar-refractivity contribution in [2.75, 3.05) is 0 Å². The molecule has 2 N–H and O–H groups in total. The predicted molar refractivity (Wildman–Crippen MR) is 283 cm³/mol. The van der Waals surface area contributed by atoms with Gasteiger partial charge < -0.3 is 14.2 Å². The molecule has 11 nitrogen and oxygen atoms in total. The van der Waals surface area contributed by atoms with Gasteiger partial charge in [0.25, 0.3) is 5.88 Å². The second-order valence-electron chi connectivity index (χ2n) is 18.0. The van der Waals surface area contributed by atoms with Gasteiger partial charge in [-0.15, -0.1) is 0 Å². The molecule has 0 atom stereocenters. The van der Waals surface area contributed by atoms with E-state index in [1.54, 1.807) is 31.2 Å². The molecule has 16 heteroatoms. The smallest absolute Gasteiger partial charge is 0.423 e. The predicted octanol–water partition coefficient (Wildman–Crippen LogP) is 13.1. The van der Waals surface area contributed by atoms with Crippen LogP contribution < -0.4 is 9.65 Å². The van der Waals surface area contributed by atoms with Crippen LogP contribution in [0, 0.1) is 82.4 Å². The van der Waals surface area contributed by atoms with Crippen molar-refractivity contribution < 1.29 is 35.8 Å². The Morgan fingerprint density at radius 1 is 0.507 bits per heavy atom. The Balaban J connectivity index is 0.000000195. The van der Waals surface area contributed by atoms with E-state index in [4.69, 9.17) is 33.2 Å². The van der Waals surface area contributed by atoms with E-state index in [1.165, 1.54) is 28.3 Å². The summed E-state index contributed by atoms with van der Waals surface area (Å²) in [6.07, 6.45) is 2.71. The molecule has 0 unspecified atom stereocenters. The maximum atomic E-state index is 12.7. The summed E-state index contributed by atoms with van der Waals surface area (Å²) in [7, 11) is -7.35. The fraction of sp³-hybridized carbons (Fsp3) is 0.193. The highest BCUT2D eigenvalue weighted by atomic mass is 32.2. The molecule has 0 saturated carbocycles. The number of hydrogen-bond donors (Lipinski definition) is 2. The number of rotatable bonds is 8. The van der Waals surface area contributed by atoms with Crippen LogP contribution in [0.15, 0.2) is 122 Å². The lowest BCUT2D eigenvalue weighted by molar-refractivity contribution is -0.0501. The summed E-state index contributed by atoms with van der Waals surface area (Å²) in [5.74, 6) is -0.755. The third-order valence-electron chi connectivity index (χ3n) is 11.3. The molecule has 0 amide bonds. The number of alkyl halides is 3. The average Bonchev–Trinajstić information content (AvgIpc) is 3.30. The normalized spacial score (nSPS) is 11.0. The SMILES string of the molecule is Cc1cc(C)cc(-c2ncc(OS(=O)(=O)C(F)(F)F)nc2-c2cc(C)cc(C)c2)c1.[C-]#[N+]c1ccc(C)c(-c2cnc(-c3cc(C)cc(C)c3)c(-c3cc(C)cc(C)c3)n2)c1.[C-]#[N+]c1ccc(C)c(B(O)O)c1. The van der Waals surface area contributed by atoms with E-state index in [1.807, 2.05) is 83.3 Å². The Morgan fingerprint density at radius 2 is 0.877 bits per heavy atom. The van der Waals surface area contributed by atoms with Crippen LogP contribution in [0.4, 0.5) is 24.5 Å². The van der Waals surface area contributed by atoms with Crippen LogP contribution in [-0.2, 0) is 10.1 Å². The summed E-state index contributed by atoms with van der Waals surface area (Å²) >= 11 is 0. The van der Waals surface area contributed by atoms with Gasteiger partial charge in [-0.3, -0.25) is 4.98 Å². The molecule has 73 heavy (non-hydrogen) atoms. The molecular formula is C57H52BF3N6O5S. The van der Waals surface area contributed by atoms with Crippen molar-refractivity contribution >= 4 is 34.1 Å². The molecule has 6 aromatic carbocycles. The van der Waals surface area contributed by atoms with Gasteiger partial charge in [0, 0.05) is 22.3 Å². The van der Waals surface area contributed by atoms with Gasteiger partial charge >= 0.3 is 22.7 Å². The lowest BCUT2D eigenvalue weighted by Gasteiger charge is -2.14. The zero-order valence-corrected chi connectivity index (χ0v) is 42.8. The summed E-state index contributed by atoms with van der Waals surface area (Å²) in [6, 6.07) is 34.8. The number of nitrogens with zero attached hydrogens (tertiary/aromatic N) is 6. The van der Waals surface area contributed by atoms with Gasteiger partial charge in [-0.2, -0.15) is 21.6 Å². The van der Waals surface area contributed by atoms with Gasteiger partial charge in [0.2, 0.25) is 0 Å². The zero-order chi connectivity index (χ0) is 53.5. The zero-order valence-electron chi connectivity index (χ0n) is 42.0. The molecule has 0 bridgehead atoms. The van der Waals surface area contributed by atoms with Gasteiger partial charge in [0.1, 0.15) is 5.69 Å². The third-order valence-corrected chi connectivity index (χ3v) is 12.2. The Bertz CT molecular complexity index is 3510. The minimum absolute atomic E-state index is 0.224. The van der Waals surface area contributed by atoms with Crippen molar-refractivity contribution in [3.05, 3.63) is 200 Å². The van der Waals surface area contributed by atoms with Crippen molar-refractivity contribution in [3.63, 3.8) is 0 Å². The van der Waals surface area contributed by atoms with Gasteiger partial charge in [-0.1, -0.05) is 105 Å². The first kappa shape index (κ1) is 54.3. The number of hydrogen-bond acceptors (Lipinski definition) is 9. The topological polar surface area (TPSA) is 144 Å². The van der Waals surface area contributed by atoms with Gasteiger partial charge in [-0.25, -0.2) is 24.6 Å². The van der Waals surface area contributed by atoms with Crippen molar-refractivity contribution in [1.29, 1.82) is 0 Å². The monoisotopic (exact) mass is 1000 g/mol. The van der Waals surface area contributed by atoms with Crippen molar-refractivity contribution in [3.8, 4) is 62.2 Å². The van der Waals surface area contributed by atoms with Crippen LogP contribution >= 0.6 is 0 Å². The minimum Gasteiger partial charge on any atom is -0.423 e. The highest BCUT2D eigenvalue weighted by Crippen LogP contribution is 2.36. The van der Waals surface area contributed by atoms with Crippen LogP contribution in [0.2, 0.25) is 0 Å². The number of benzene rings is 6. The first-order valence-electron chi connectivity index (χ1n) is 22.8. The van der Waals surface area contributed by atoms with Crippen molar-refractivity contribution in [2.45, 2.75) is 74.7 Å². The fourth-order valence-electron chi connectivity index (χ4n) is 8.29. The highest BCUT2D eigenvalue weighted by molar-refractivity contribution is 7.88. The second kappa shape index (κ2) is 22.6. The Kier molecular flexibility index (Phi) is 16.8. The fourth-order valence-corrected chi connectivity index (χ4v) is 8.69. The highest BCUT2D eigenvalue weighted by Gasteiger charge is 2.49. The standard InChI is InChI=1S/C28H25N3.C21H19F3N2O3S.C8H8BNO2/c1-17-9-18(2)12-22(11-17)27-28(23-13-19(3)10-20(4)14-23)31-26(16-30-27)25-15-24(29-6)8-7-21(25)5;1-12-5-13(2)8-16(7-12)19-20(17-9-14(3)6-15(4)10-17)26-18(11-25-19)29-30(27,28)21(22,23)24;1-6-3-4-7(10-2)5-8(6)9(11)12/h7-16H,1-5H3;5-11H,1-4H3;3-5,11-12H,1H3. The summed E-state index contributed by atoms with van der Waals surface area (Å²) in [5.41, 5.74) is 13.8. The number of aromatic nitrogens is 4. The lowest BCUT2D eigenvalue weighted by atomic mass is 9.77. The van der Waals surface area contributed by atoms with Crippen LogP contribution in [-0.4, -0.2) is 51.0 Å². The lowest BCUT2D eigenvalue weighted by Crippen LogP contribution is -2.31. The van der Waals surface area contributed by atoms with Crippen LogP contribution in [0.1, 0.15) is 55.6 Å². The molecule has 0 fully saturated rings. The Morgan fingerprint density at radius 3 is 1.27 bits per heavy atom. The third kappa shape index (κ3) is 13.7. The quantitative estimate of drug-likeness (QED) is 0.0658. The maximum Gasteiger partial charge on any atom is 0.534 e. The summed E-state index contributed by atoms with van der Waals surface area (Å²) in [4.78, 5) is 25.1. The molecule has 2 heterocycles. The molecular weight excluding hydrogens is 949 g/mol. The molecule has 0 radical (unpaired) electrons. The first-order valence-corrected chi connectivity index (χ1v) is 24.2. The molecule has 0 aliphatic heterocycles. The summed E-state index contributed by atoms with van der Waals surface area (Å²) in [6.45, 7) is 33.9. The van der Waals surface area contributed by atoms with E-state index in [9.17, 15) is 21.6 Å².